The third kappa shape index (κ3) is 9.68. The van der Waals surface area contributed by atoms with Gasteiger partial charge in [-0.1, -0.05) is 12.5 Å². The van der Waals surface area contributed by atoms with Crippen LogP contribution in [0.2, 0.25) is 0 Å². The van der Waals surface area contributed by atoms with E-state index >= 15 is 0 Å². The number of nitrogens with one attached hydrogen (secondary N) is 2. The largest absolute Gasteiger partial charge is 1.00 e. The van der Waals surface area contributed by atoms with E-state index in [1.807, 2.05) is 19.9 Å². The molecular formula is C29H37ILiN7O2-2. The second-order valence-corrected chi connectivity index (χ2v) is 11.1. The quantitative estimate of drug-likeness (QED) is 0.117. The van der Waals surface area contributed by atoms with Crippen LogP contribution in [0, 0.1) is 25.0 Å². The topological polar surface area (TPSA) is 119 Å². The Kier molecular flexibility index (Phi) is 14.3. The van der Waals surface area contributed by atoms with E-state index in [1.165, 1.54) is 32.4 Å². The number of unbranched alkanes of at least 4 members (excludes halogenated alkanes) is 1. The summed E-state index contributed by atoms with van der Waals surface area (Å²) in [5.74, 6) is 2.78. The summed E-state index contributed by atoms with van der Waals surface area (Å²) in [6, 6.07) is 3.55. The molecule has 0 saturated carbocycles. The monoisotopic (exact) mass is 649 g/mol. The number of nitrogens with zero attached hydrogens (tertiary/aromatic N) is 5. The zero-order valence-electron chi connectivity index (χ0n) is 23.9. The summed E-state index contributed by atoms with van der Waals surface area (Å²) in [5.41, 5.74) is 2.37. The van der Waals surface area contributed by atoms with Gasteiger partial charge in [-0.25, -0.2) is 8.10 Å². The number of hydrogen-bond acceptors (Lipinski definition) is 8. The van der Waals surface area contributed by atoms with E-state index in [4.69, 9.17) is 14.9 Å². The molecule has 0 unspecified atom stereocenters. The number of ether oxygens (including phenoxy) is 2. The fourth-order valence-electron chi connectivity index (χ4n) is 4.56. The molecule has 1 fully saturated rings. The summed E-state index contributed by atoms with van der Waals surface area (Å²) >= 11 is 2.42. The minimum atomic E-state index is -0.166. The minimum absolute atomic E-state index is 0. The molecule has 210 valence electrons. The number of fused-ring (bicyclic) bond motifs is 4. The van der Waals surface area contributed by atoms with Crippen molar-refractivity contribution >= 4 is 57.6 Å². The Labute approximate surface area is 264 Å². The maximum atomic E-state index is 9.59. The Morgan fingerprint density at radius 1 is 1.27 bits per heavy atom. The molecule has 2 aliphatic heterocycles. The molecule has 4 rings (SSSR count). The van der Waals surface area contributed by atoms with E-state index < -0.39 is 0 Å². The van der Waals surface area contributed by atoms with Gasteiger partial charge in [-0.3, -0.25) is 4.98 Å². The van der Waals surface area contributed by atoms with Gasteiger partial charge >= 0.3 is 18.9 Å². The van der Waals surface area contributed by atoms with E-state index in [1.54, 1.807) is 18.5 Å². The van der Waals surface area contributed by atoms with E-state index in [9.17, 15) is 5.41 Å². The van der Waals surface area contributed by atoms with Gasteiger partial charge in [0, 0.05) is 89.8 Å². The molecule has 0 spiro atoms. The summed E-state index contributed by atoms with van der Waals surface area (Å²) in [7, 11) is 0. The number of rotatable bonds is 7. The average Bonchev–Trinajstić information content (AvgIpc) is 2.90. The van der Waals surface area contributed by atoms with Crippen LogP contribution in [0.5, 0.6) is 5.75 Å². The zero-order chi connectivity index (χ0) is 26.9. The van der Waals surface area contributed by atoms with Crippen LogP contribution in [0.1, 0.15) is 63.8 Å². The SMILES string of the molecule is CC(=N)/C(=C\CCCC1CCN(I)CC1)c1cnc2cc1O[C@@H](C)CCO[C-]=C(C=[N-])c1nccc(n1)N2.[CH3-].[Li+]. The summed E-state index contributed by atoms with van der Waals surface area (Å²) in [4.78, 5) is 13.2. The number of anilines is 2. The molecule has 2 aromatic heterocycles. The molecule has 40 heavy (non-hydrogen) atoms. The van der Waals surface area contributed by atoms with Gasteiger partial charge in [-0.05, 0) is 51.5 Å². The summed E-state index contributed by atoms with van der Waals surface area (Å²) in [5, 5.41) is 21.3. The molecule has 4 heterocycles. The number of hydrogen-bond donors (Lipinski definition) is 2. The van der Waals surface area contributed by atoms with Crippen molar-refractivity contribution in [1.82, 2.24) is 18.1 Å². The second kappa shape index (κ2) is 16.9. The van der Waals surface area contributed by atoms with E-state index in [0.717, 1.165) is 36.1 Å². The van der Waals surface area contributed by atoms with Crippen molar-refractivity contribution in [3.63, 3.8) is 0 Å². The fraction of sp³-hybridized carbons (Fsp3) is 0.448. The summed E-state index contributed by atoms with van der Waals surface area (Å²) < 4.78 is 14.3. The molecule has 0 aliphatic carbocycles. The van der Waals surface area contributed by atoms with Gasteiger partial charge in [-0.2, -0.15) is 0 Å². The molecule has 2 aromatic rings. The van der Waals surface area contributed by atoms with Crippen LogP contribution in [0.15, 0.2) is 30.6 Å². The zero-order valence-corrected chi connectivity index (χ0v) is 26.1. The van der Waals surface area contributed by atoms with Crippen molar-refractivity contribution in [3.8, 4) is 5.75 Å². The Bertz CT molecular complexity index is 1200. The molecule has 0 amide bonds. The van der Waals surface area contributed by atoms with Gasteiger partial charge in [-0.15, -0.1) is 5.57 Å². The number of halogens is 1. The number of aromatic nitrogens is 3. The maximum absolute atomic E-state index is 9.59. The normalized spacial score (nSPS) is 18.3. The van der Waals surface area contributed by atoms with E-state index in [0.29, 0.717) is 36.1 Å². The van der Waals surface area contributed by atoms with Gasteiger partial charge < -0.3 is 44.2 Å². The number of piperidine rings is 1. The molecule has 1 saturated heterocycles. The first-order chi connectivity index (χ1) is 18.4. The Balaban J connectivity index is 0.00000280. The van der Waals surface area contributed by atoms with Gasteiger partial charge in [0.05, 0.1) is 12.7 Å². The Morgan fingerprint density at radius 3 is 2.77 bits per heavy atom. The van der Waals surface area contributed by atoms with Crippen molar-refractivity contribution in [1.29, 1.82) is 5.41 Å². The third-order valence-electron chi connectivity index (χ3n) is 6.70. The van der Waals surface area contributed by atoms with Crippen LogP contribution in [-0.2, 0) is 4.74 Å². The fourth-order valence-corrected chi connectivity index (χ4v) is 5.12. The second-order valence-electron chi connectivity index (χ2n) is 9.69. The standard InChI is InChI=1S/C28H34IN7O2.CH3.Li/c1-19-10-14-37-18-22(16-30)28-32-11-7-26(35-28)34-27-15-25(38-19)24(17-33-27)23(20(2)31)6-4-3-5-21-8-12-36(29)13-9-21;;/h6-7,11,15-17,19,21,31H,3-5,8-10,12-14H2,1-2H3,(H,32,33,34,35);1H3;/q-2;-1;+1/b23-6+,31-20?;;/t19-;;/m0../s1. The van der Waals surface area contributed by atoms with E-state index in [2.05, 4.69) is 58.6 Å². The molecule has 2 aliphatic rings. The molecule has 9 nitrogen and oxygen atoms in total. The molecule has 11 heteroatoms. The number of pyridine rings is 1. The Morgan fingerprint density at radius 2 is 2.05 bits per heavy atom. The van der Waals surface area contributed by atoms with E-state index in [-0.39, 0.29) is 43.8 Å². The molecule has 1 atom stereocenters. The van der Waals surface area contributed by atoms with Crippen LogP contribution in [0.3, 0.4) is 0 Å². The summed E-state index contributed by atoms with van der Waals surface area (Å²) in [6.45, 7) is 6.47. The van der Waals surface area contributed by atoms with Crippen LogP contribution in [0.25, 0.3) is 16.6 Å². The van der Waals surface area contributed by atoms with Crippen LogP contribution in [-0.4, -0.2) is 55.8 Å². The van der Waals surface area contributed by atoms with Crippen LogP contribution < -0.4 is 28.9 Å². The van der Waals surface area contributed by atoms with Crippen molar-refractivity contribution in [2.24, 2.45) is 5.92 Å². The molecule has 0 aromatic carbocycles. The van der Waals surface area contributed by atoms with Gasteiger partial charge in [0.15, 0.2) is 0 Å². The van der Waals surface area contributed by atoms with Crippen molar-refractivity contribution in [2.75, 3.05) is 25.0 Å². The molecule has 4 bridgehead atoms. The smallest absolute Gasteiger partial charge is 0.878 e. The number of allylic oxidation sites excluding steroid dienone is 3. The average molecular weight is 650 g/mol. The van der Waals surface area contributed by atoms with Crippen molar-refractivity contribution < 1.29 is 28.3 Å². The Hall–Kier alpha value is -2.26. The predicted octanol–water partition coefficient (Wildman–Crippen LogP) is 3.70. The summed E-state index contributed by atoms with van der Waals surface area (Å²) in [6.07, 6.45) is 15.3. The first-order valence-electron chi connectivity index (χ1n) is 13.1. The van der Waals surface area contributed by atoms with Gasteiger partial charge in [0.1, 0.15) is 17.4 Å². The molecule has 2 N–H and O–H groups in total. The molecule has 0 radical (unpaired) electrons. The van der Waals surface area contributed by atoms with Crippen LogP contribution >= 0.6 is 22.9 Å². The van der Waals surface area contributed by atoms with Crippen molar-refractivity contribution in [3.05, 3.63) is 61.1 Å². The first kappa shape index (κ1) is 33.9. The minimum Gasteiger partial charge on any atom is -0.878 e. The molecular weight excluding hydrogens is 612 g/mol. The predicted molar refractivity (Wildman–Crippen MR) is 166 cm³/mol. The van der Waals surface area contributed by atoms with Gasteiger partial charge in [0.25, 0.3) is 0 Å². The van der Waals surface area contributed by atoms with Crippen molar-refractivity contribution in [2.45, 2.75) is 58.5 Å². The van der Waals surface area contributed by atoms with Crippen LogP contribution in [0.4, 0.5) is 11.6 Å². The maximum Gasteiger partial charge on any atom is 1.00 e. The third-order valence-corrected chi connectivity index (χ3v) is 7.67. The first-order valence-corrected chi connectivity index (χ1v) is 14.1. The van der Waals surface area contributed by atoms with Gasteiger partial charge in [0.2, 0.25) is 0 Å².